The molecule has 0 aliphatic heterocycles. The third kappa shape index (κ3) is 3.26. The summed E-state index contributed by atoms with van der Waals surface area (Å²) in [5.74, 6) is 1.66. The van der Waals surface area contributed by atoms with Gasteiger partial charge in [0.1, 0.15) is 5.75 Å². The molecule has 0 amide bonds. The molecule has 0 atom stereocenters. The Hall–Kier alpha value is -3.46. The lowest BCUT2D eigenvalue weighted by Gasteiger charge is -2.23. The fraction of sp³-hybridized carbons (Fsp3) is 0.185. The number of hydrogen-bond acceptors (Lipinski definition) is 3. The predicted molar refractivity (Wildman–Crippen MR) is 122 cm³/mol. The van der Waals surface area contributed by atoms with Gasteiger partial charge in [-0.25, -0.2) is 9.97 Å². The molecule has 5 rings (SSSR count). The molecule has 0 fully saturated rings. The van der Waals surface area contributed by atoms with Crippen molar-refractivity contribution in [3.05, 3.63) is 89.0 Å². The summed E-state index contributed by atoms with van der Waals surface area (Å²) >= 11 is 0. The van der Waals surface area contributed by atoms with E-state index in [1.165, 1.54) is 27.8 Å². The van der Waals surface area contributed by atoms with Crippen molar-refractivity contribution in [2.24, 2.45) is 0 Å². The van der Waals surface area contributed by atoms with Gasteiger partial charge in [0.15, 0.2) is 5.82 Å². The molecule has 148 valence electrons. The van der Waals surface area contributed by atoms with Crippen molar-refractivity contribution in [3.63, 3.8) is 0 Å². The fourth-order valence-corrected chi connectivity index (χ4v) is 4.12. The van der Waals surface area contributed by atoms with Gasteiger partial charge in [0.05, 0.1) is 18.5 Å². The number of nitrogens with zero attached hydrogens (tertiary/aromatic N) is 2. The molecule has 3 aromatic carbocycles. The lowest BCUT2D eigenvalue weighted by molar-refractivity contribution is 0.414. The summed E-state index contributed by atoms with van der Waals surface area (Å²) in [5.41, 5.74) is 10.4. The van der Waals surface area contributed by atoms with E-state index in [4.69, 9.17) is 14.7 Å². The van der Waals surface area contributed by atoms with Gasteiger partial charge in [-0.3, -0.25) is 0 Å². The van der Waals surface area contributed by atoms with Crippen molar-refractivity contribution in [1.29, 1.82) is 0 Å². The standard InChI is InChI=1S/C27H24N2O/c1-17-4-8-19(9-5-17)25-24-14-12-21-16-22(30-3)13-15-23(21)26(24)29-27(28-25)20-10-6-18(2)7-11-20/h4-11,13,15-16H,12,14H2,1-3H3. The average molecular weight is 393 g/mol. The highest BCUT2D eigenvalue weighted by Gasteiger charge is 2.24. The van der Waals surface area contributed by atoms with Gasteiger partial charge in [-0.15, -0.1) is 0 Å². The van der Waals surface area contributed by atoms with E-state index in [-0.39, 0.29) is 0 Å². The van der Waals surface area contributed by atoms with Crippen molar-refractivity contribution in [2.75, 3.05) is 7.11 Å². The molecule has 0 spiro atoms. The molecule has 30 heavy (non-hydrogen) atoms. The minimum Gasteiger partial charge on any atom is -0.497 e. The summed E-state index contributed by atoms with van der Waals surface area (Å²) in [4.78, 5) is 10.1. The molecular weight excluding hydrogens is 368 g/mol. The normalized spacial score (nSPS) is 12.2. The third-order valence-electron chi connectivity index (χ3n) is 5.85. The van der Waals surface area contributed by atoms with Crippen LogP contribution in [-0.4, -0.2) is 17.1 Å². The first-order valence-electron chi connectivity index (χ1n) is 10.3. The van der Waals surface area contributed by atoms with Crippen LogP contribution in [0.2, 0.25) is 0 Å². The van der Waals surface area contributed by atoms with E-state index in [1.807, 2.05) is 6.07 Å². The largest absolute Gasteiger partial charge is 0.497 e. The van der Waals surface area contributed by atoms with E-state index in [2.05, 4.69) is 74.5 Å². The summed E-state index contributed by atoms with van der Waals surface area (Å²) in [5, 5.41) is 0. The van der Waals surface area contributed by atoms with Crippen molar-refractivity contribution in [3.8, 4) is 39.7 Å². The molecule has 0 bridgehead atoms. The number of fused-ring (bicyclic) bond motifs is 3. The topological polar surface area (TPSA) is 35.0 Å². The second kappa shape index (κ2) is 7.42. The summed E-state index contributed by atoms with van der Waals surface area (Å²) in [6.45, 7) is 4.21. The first-order valence-corrected chi connectivity index (χ1v) is 10.3. The Morgan fingerprint density at radius 3 is 2.00 bits per heavy atom. The summed E-state index contributed by atoms with van der Waals surface area (Å²) in [6.07, 6.45) is 1.89. The number of aryl methyl sites for hydroxylation is 3. The summed E-state index contributed by atoms with van der Waals surface area (Å²) in [7, 11) is 1.71. The highest BCUT2D eigenvalue weighted by Crippen LogP contribution is 2.39. The number of aromatic nitrogens is 2. The SMILES string of the molecule is COc1ccc2c(c1)CCc1c(-c3ccc(C)cc3)nc(-c3ccc(C)cc3)nc1-2. The summed E-state index contributed by atoms with van der Waals surface area (Å²) in [6, 6.07) is 23.4. The first-order chi connectivity index (χ1) is 14.6. The minimum absolute atomic E-state index is 0.771. The minimum atomic E-state index is 0.771. The monoisotopic (exact) mass is 392 g/mol. The molecule has 0 radical (unpaired) electrons. The molecule has 1 aromatic heterocycles. The zero-order valence-corrected chi connectivity index (χ0v) is 17.6. The van der Waals surface area contributed by atoms with Gasteiger partial charge < -0.3 is 4.74 Å². The van der Waals surface area contributed by atoms with Crippen LogP contribution in [0.15, 0.2) is 66.7 Å². The summed E-state index contributed by atoms with van der Waals surface area (Å²) < 4.78 is 5.44. The maximum atomic E-state index is 5.44. The van der Waals surface area contributed by atoms with Crippen LogP contribution in [0.25, 0.3) is 33.9 Å². The quantitative estimate of drug-likeness (QED) is 0.416. The Kier molecular flexibility index (Phi) is 4.59. The highest BCUT2D eigenvalue weighted by molar-refractivity contribution is 5.80. The second-order valence-corrected chi connectivity index (χ2v) is 7.98. The van der Waals surface area contributed by atoms with E-state index in [9.17, 15) is 0 Å². The van der Waals surface area contributed by atoms with Crippen molar-refractivity contribution < 1.29 is 4.74 Å². The molecule has 4 aromatic rings. The first kappa shape index (κ1) is 18.6. The smallest absolute Gasteiger partial charge is 0.160 e. The number of benzene rings is 3. The molecule has 1 heterocycles. The van der Waals surface area contributed by atoms with Gasteiger partial charge in [-0.05, 0) is 50.5 Å². The average Bonchev–Trinajstić information content (AvgIpc) is 2.79. The Bertz CT molecular complexity index is 1230. The van der Waals surface area contributed by atoms with Gasteiger partial charge >= 0.3 is 0 Å². The lowest BCUT2D eigenvalue weighted by Crippen LogP contribution is -2.10. The van der Waals surface area contributed by atoms with E-state index in [1.54, 1.807) is 7.11 Å². The predicted octanol–water partition coefficient (Wildman–Crippen LogP) is 6.20. The van der Waals surface area contributed by atoms with E-state index in [0.717, 1.165) is 46.9 Å². The molecule has 0 saturated carbocycles. The van der Waals surface area contributed by atoms with E-state index < -0.39 is 0 Å². The fourth-order valence-electron chi connectivity index (χ4n) is 4.12. The van der Waals surface area contributed by atoms with Crippen molar-refractivity contribution in [2.45, 2.75) is 26.7 Å². The molecule has 1 aliphatic carbocycles. The Morgan fingerprint density at radius 2 is 1.33 bits per heavy atom. The van der Waals surface area contributed by atoms with Gasteiger partial charge in [-0.2, -0.15) is 0 Å². The van der Waals surface area contributed by atoms with Crippen LogP contribution < -0.4 is 4.74 Å². The Balaban J connectivity index is 1.75. The molecule has 1 aliphatic rings. The Labute approximate surface area is 177 Å². The molecule has 3 heteroatoms. The molecular formula is C27H24N2O. The zero-order chi connectivity index (χ0) is 20.7. The lowest BCUT2D eigenvalue weighted by atomic mass is 9.86. The maximum absolute atomic E-state index is 5.44. The number of ether oxygens (including phenoxy) is 1. The van der Waals surface area contributed by atoms with Gasteiger partial charge in [0.25, 0.3) is 0 Å². The van der Waals surface area contributed by atoms with Gasteiger partial charge in [0, 0.05) is 22.3 Å². The molecule has 0 unspecified atom stereocenters. The highest BCUT2D eigenvalue weighted by atomic mass is 16.5. The molecule has 3 nitrogen and oxygen atoms in total. The second-order valence-electron chi connectivity index (χ2n) is 7.98. The molecule has 0 N–H and O–H groups in total. The van der Waals surface area contributed by atoms with Crippen LogP contribution in [0.5, 0.6) is 5.75 Å². The van der Waals surface area contributed by atoms with Crippen LogP contribution in [0.3, 0.4) is 0 Å². The third-order valence-corrected chi connectivity index (χ3v) is 5.85. The van der Waals surface area contributed by atoms with E-state index >= 15 is 0 Å². The molecule has 0 saturated heterocycles. The van der Waals surface area contributed by atoms with E-state index in [0.29, 0.717) is 0 Å². The number of methoxy groups -OCH3 is 1. The maximum Gasteiger partial charge on any atom is 0.160 e. The Morgan fingerprint density at radius 1 is 0.700 bits per heavy atom. The van der Waals surface area contributed by atoms with Gasteiger partial charge in [-0.1, -0.05) is 59.7 Å². The van der Waals surface area contributed by atoms with Crippen LogP contribution >= 0.6 is 0 Å². The van der Waals surface area contributed by atoms with Crippen LogP contribution in [0.4, 0.5) is 0 Å². The van der Waals surface area contributed by atoms with Crippen molar-refractivity contribution in [1.82, 2.24) is 9.97 Å². The van der Waals surface area contributed by atoms with Gasteiger partial charge in [0.2, 0.25) is 0 Å². The van der Waals surface area contributed by atoms with Crippen LogP contribution in [0.1, 0.15) is 22.3 Å². The van der Waals surface area contributed by atoms with Crippen LogP contribution in [0, 0.1) is 13.8 Å². The van der Waals surface area contributed by atoms with Crippen LogP contribution in [-0.2, 0) is 12.8 Å². The zero-order valence-electron chi connectivity index (χ0n) is 17.6. The van der Waals surface area contributed by atoms with Crippen molar-refractivity contribution >= 4 is 0 Å². The number of rotatable bonds is 3. The number of hydrogen-bond donors (Lipinski definition) is 0.